The molecule has 0 amide bonds. The molecule has 0 atom stereocenters. The van der Waals surface area contributed by atoms with Crippen LogP contribution in [-0.2, 0) is 14.8 Å². The number of hydrogen-bond acceptors (Lipinski definition) is 3. The monoisotopic (exact) mass is 321 g/mol. The van der Waals surface area contributed by atoms with Crippen molar-refractivity contribution in [2.45, 2.75) is 18.2 Å². The highest BCUT2D eigenvalue weighted by atomic mass is 79.9. The van der Waals surface area contributed by atoms with Crippen LogP contribution in [0.2, 0.25) is 0 Å². The van der Waals surface area contributed by atoms with Crippen molar-refractivity contribution in [2.24, 2.45) is 0 Å². The van der Waals surface area contributed by atoms with Crippen LogP contribution in [0.15, 0.2) is 27.6 Å². The summed E-state index contributed by atoms with van der Waals surface area (Å²) in [5, 5.41) is 8.44. The Balaban J connectivity index is 2.89. The first kappa shape index (κ1) is 14.1. The van der Waals surface area contributed by atoms with Crippen LogP contribution < -0.4 is 4.72 Å². The van der Waals surface area contributed by atoms with Gasteiger partial charge in [0.25, 0.3) is 0 Å². The third-order valence-corrected chi connectivity index (χ3v) is 4.17. The zero-order valence-corrected chi connectivity index (χ0v) is 11.5. The second kappa shape index (κ2) is 5.61. The second-order valence-electron chi connectivity index (χ2n) is 3.45. The number of carboxylic acids is 1. The molecule has 0 heterocycles. The van der Waals surface area contributed by atoms with Gasteiger partial charge in [-0.15, -0.1) is 0 Å². The maximum absolute atomic E-state index is 11.9. The highest BCUT2D eigenvalue weighted by molar-refractivity contribution is 9.10. The zero-order valence-electron chi connectivity index (χ0n) is 9.10. The summed E-state index contributed by atoms with van der Waals surface area (Å²) in [6, 6.07) is 4.90. The first-order valence-corrected chi connectivity index (χ1v) is 7.08. The molecule has 17 heavy (non-hydrogen) atoms. The Hall–Kier alpha value is -0.920. The Labute approximate surface area is 108 Å². The number of sulfonamides is 1. The summed E-state index contributed by atoms with van der Waals surface area (Å²) in [6.07, 6.45) is -0.244. The third kappa shape index (κ3) is 4.10. The number of carbonyl (C=O) groups is 1. The zero-order chi connectivity index (χ0) is 13.1. The minimum Gasteiger partial charge on any atom is -0.481 e. The Morgan fingerprint density at radius 2 is 2.12 bits per heavy atom. The first-order valence-electron chi connectivity index (χ1n) is 4.80. The number of benzene rings is 1. The molecule has 2 N–H and O–H groups in total. The molecule has 0 saturated heterocycles. The van der Waals surface area contributed by atoms with E-state index in [0.717, 1.165) is 0 Å². The number of halogens is 1. The molecule has 1 rings (SSSR count). The molecule has 0 unspecified atom stereocenters. The van der Waals surface area contributed by atoms with Gasteiger partial charge in [0.15, 0.2) is 0 Å². The summed E-state index contributed by atoms with van der Waals surface area (Å²) < 4.78 is 26.6. The molecule has 0 aliphatic carbocycles. The molecular weight excluding hydrogens is 310 g/mol. The van der Waals surface area contributed by atoms with E-state index in [9.17, 15) is 13.2 Å². The standard InChI is InChI=1S/C10H12BrNO4S/c1-7-2-3-8(11)6-9(7)17(15,16)12-5-4-10(13)14/h2-3,6,12H,4-5H2,1H3,(H,13,14). The van der Waals surface area contributed by atoms with Crippen molar-refractivity contribution in [1.82, 2.24) is 4.72 Å². The number of hydrogen-bond donors (Lipinski definition) is 2. The lowest BCUT2D eigenvalue weighted by Crippen LogP contribution is -2.26. The molecule has 5 nitrogen and oxygen atoms in total. The van der Waals surface area contributed by atoms with Crippen molar-refractivity contribution in [2.75, 3.05) is 6.54 Å². The van der Waals surface area contributed by atoms with E-state index in [1.807, 2.05) is 0 Å². The number of aryl methyl sites for hydroxylation is 1. The summed E-state index contributed by atoms with van der Waals surface area (Å²) in [5.41, 5.74) is 0.607. The molecule has 0 saturated carbocycles. The molecule has 0 radical (unpaired) electrons. The van der Waals surface area contributed by atoms with Crippen molar-refractivity contribution in [3.05, 3.63) is 28.2 Å². The molecule has 1 aromatic carbocycles. The molecule has 0 spiro atoms. The van der Waals surface area contributed by atoms with Crippen LogP contribution in [0.1, 0.15) is 12.0 Å². The lowest BCUT2D eigenvalue weighted by atomic mass is 10.2. The van der Waals surface area contributed by atoms with Crippen LogP contribution in [0.5, 0.6) is 0 Å². The summed E-state index contributed by atoms with van der Waals surface area (Å²) in [7, 11) is -3.65. The van der Waals surface area contributed by atoms with Gasteiger partial charge in [-0.3, -0.25) is 4.79 Å². The molecule has 0 aliphatic rings. The fourth-order valence-electron chi connectivity index (χ4n) is 1.23. The Bertz CT molecular complexity index is 527. The summed E-state index contributed by atoms with van der Waals surface area (Å²) in [6.45, 7) is 1.56. The minimum atomic E-state index is -3.65. The maximum Gasteiger partial charge on any atom is 0.304 e. The summed E-state index contributed by atoms with van der Waals surface area (Å²) in [4.78, 5) is 10.5. The Kier molecular flexibility index (Phi) is 4.67. The number of aliphatic carboxylic acids is 1. The predicted molar refractivity (Wildman–Crippen MR) is 66.3 cm³/mol. The maximum atomic E-state index is 11.9. The van der Waals surface area contributed by atoms with Gasteiger partial charge in [-0.25, -0.2) is 13.1 Å². The fraction of sp³-hybridized carbons (Fsp3) is 0.300. The van der Waals surface area contributed by atoms with Crippen molar-refractivity contribution in [1.29, 1.82) is 0 Å². The highest BCUT2D eigenvalue weighted by Crippen LogP contribution is 2.20. The van der Waals surface area contributed by atoms with Crippen LogP contribution in [0.4, 0.5) is 0 Å². The molecule has 94 valence electrons. The average Bonchev–Trinajstić information content (AvgIpc) is 2.20. The molecule has 0 bridgehead atoms. The lowest BCUT2D eigenvalue weighted by Gasteiger charge is -2.08. The van der Waals surface area contributed by atoms with E-state index in [1.165, 1.54) is 6.07 Å². The summed E-state index contributed by atoms with van der Waals surface area (Å²) >= 11 is 3.19. The number of carboxylic acid groups (broad SMARTS) is 1. The van der Waals surface area contributed by atoms with Crippen LogP contribution in [0, 0.1) is 6.92 Å². The van der Waals surface area contributed by atoms with E-state index >= 15 is 0 Å². The SMILES string of the molecule is Cc1ccc(Br)cc1S(=O)(=O)NCCC(=O)O. The number of rotatable bonds is 5. The largest absolute Gasteiger partial charge is 0.481 e. The molecular formula is C10H12BrNO4S. The Morgan fingerprint density at radius 3 is 2.71 bits per heavy atom. The second-order valence-corrected chi connectivity index (χ2v) is 6.10. The third-order valence-electron chi connectivity index (χ3n) is 2.07. The van der Waals surface area contributed by atoms with Gasteiger partial charge in [-0.05, 0) is 24.6 Å². The van der Waals surface area contributed by atoms with E-state index in [0.29, 0.717) is 10.0 Å². The van der Waals surface area contributed by atoms with Gasteiger partial charge in [0.2, 0.25) is 10.0 Å². The molecule has 0 aromatic heterocycles. The van der Waals surface area contributed by atoms with Gasteiger partial charge in [-0.2, -0.15) is 0 Å². The molecule has 0 fully saturated rings. The molecule has 0 aliphatic heterocycles. The fourth-order valence-corrected chi connectivity index (χ4v) is 3.05. The Morgan fingerprint density at radius 1 is 1.47 bits per heavy atom. The normalized spacial score (nSPS) is 11.4. The first-order chi connectivity index (χ1) is 7.83. The predicted octanol–water partition coefficient (Wildman–Crippen LogP) is 1.51. The van der Waals surface area contributed by atoms with Crippen molar-refractivity contribution < 1.29 is 18.3 Å². The van der Waals surface area contributed by atoms with E-state index in [1.54, 1.807) is 19.1 Å². The van der Waals surface area contributed by atoms with Crippen LogP contribution in [0.25, 0.3) is 0 Å². The van der Waals surface area contributed by atoms with Crippen molar-refractivity contribution in [3.8, 4) is 0 Å². The smallest absolute Gasteiger partial charge is 0.304 e. The van der Waals surface area contributed by atoms with Gasteiger partial charge >= 0.3 is 5.97 Å². The lowest BCUT2D eigenvalue weighted by molar-refractivity contribution is -0.136. The average molecular weight is 322 g/mol. The number of nitrogens with one attached hydrogen (secondary N) is 1. The highest BCUT2D eigenvalue weighted by Gasteiger charge is 2.16. The van der Waals surface area contributed by atoms with E-state index in [-0.39, 0.29) is 17.9 Å². The van der Waals surface area contributed by atoms with Gasteiger partial charge < -0.3 is 5.11 Å². The molecule has 7 heteroatoms. The molecule has 1 aromatic rings. The van der Waals surface area contributed by atoms with Crippen molar-refractivity contribution in [3.63, 3.8) is 0 Å². The topological polar surface area (TPSA) is 83.5 Å². The minimum absolute atomic E-state index is 0.121. The van der Waals surface area contributed by atoms with Gasteiger partial charge in [0.05, 0.1) is 11.3 Å². The van der Waals surface area contributed by atoms with Crippen LogP contribution >= 0.6 is 15.9 Å². The quantitative estimate of drug-likeness (QED) is 0.861. The van der Waals surface area contributed by atoms with Gasteiger partial charge in [-0.1, -0.05) is 22.0 Å². The van der Waals surface area contributed by atoms with E-state index < -0.39 is 16.0 Å². The van der Waals surface area contributed by atoms with E-state index in [4.69, 9.17) is 5.11 Å². The van der Waals surface area contributed by atoms with Gasteiger partial charge in [0, 0.05) is 11.0 Å². The van der Waals surface area contributed by atoms with E-state index in [2.05, 4.69) is 20.7 Å². The van der Waals surface area contributed by atoms with Crippen LogP contribution in [0.3, 0.4) is 0 Å². The summed E-state index contributed by atoms with van der Waals surface area (Å²) in [5.74, 6) is -1.04. The van der Waals surface area contributed by atoms with Crippen LogP contribution in [-0.4, -0.2) is 26.0 Å². The van der Waals surface area contributed by atoms with Crippen molar-refractivity contribution >= 4 is 31.9 Å². The van der Waals surface area contributed by atoms with Gasteiger partial charge in [0.1, 0.15) is 0 Å².